The second-order valence-corrected chi connectivity index (χ2v) is 10.5. The summed E-state index contributed by atoms with van der Waals surface area (Å²) in [6.07, 6.45) is 7.82. The van der Waals surface area contributed by atoms with E-state index in [0.29, 0.717) is 24.2 Å². The Morgan fingerprint density at radius 1 is 1.17 bits per heavy atom. The zero-order valence-corrected chi connectivity index (χ0v) is 20.9. The molecule has 2 bridgehead atoms. The van der Waals surface area contributed by atoms with Crippen molar-refractivity contribution in [2.75, 3.05) is 13.1 Å². The smallest absolute Gasteiger partial charge is 0.253 e. The summed E-state index contributed by atoms with van der Waals surface area (Å²) in [6, 6.07) is 5.10. The molecule has 5 atom stereocenters. The first kappa shape index (κ1) is 24.6. The van der Waals surface area contributed by atoms with Crippen LogP contribution >= 0.6 is 24.8 Å². The summed E-state index contributed by atoms with van der Waals surface area (Å²) in [7, 11) is 0. The molecular formula is C25H30Cl2N4O4. The summed E-state index contributed by atoms with van der Waals surface area (Å²) in [6.45, 7) is 1.94. The van der Waals surface area contributed by atoms with Gasteiger partial charge >= 0.3 is 0 Å². The van der Waals surface area contributed by atoms with E-state index in [0.717, 1.165) is 43.0 Å². The Bertz CT molecular complexity index is 1150. The van der Waals surface area contributed by atoms with Gasteiger partial charge in [0, 0.05) is 18.2 Å². The number of carbonyl (C=O) groups excluding carboxylic acids is 1. The van der Waals surface area contributed by atoms with Crippen LogP contribution in [0.5, 0.6) is 11.5 Å². The van der Waals surface area contributed by atoms with Gasteiger partial charge in [-0.2, -0.15) is 10.2 Å². The molecule has 10 heteroatoms. The number of ether oxygens (including phenoxy) is 1. The van der Waals surface area contributed by atoms with Crippen LogP contribution in [0, 0.1) is 5.92 Å². The number of likely N-dealkylation sites (tertiary alicyclic amines) is 1. The van der Waals surface area contributed by atoms with Gasteiger partial charge in [0.2, 0.25) is 0 Å². The zero-order valence-electron chi connectivity index (χ0n) is 19.2. The maximum Gasteiger partial charge on any atom is 0.253 e. The fraction of sp³-hybridized carbons (Fsp3) is 0.560. The number of piperidine rings is 1. The van der Waals surface area contributed by atoms with Crippen molar-refractivity contribution in [3.05, 3.63) is 47.3 Å². The van der Waals surface area contributed by atoms with Gasteiger partial charge in [0.05, 0.1) is 35.0 Å². The molecule has 1 saturated heterocycles. The Hall–Kier alpha value is -2.13. The molecule has 3 aliphatic carbocycles. The number of hydrogen-bond acceptors (Lipinski definition) is 7. The average molecular weight is 521 g/mol. The summed E-state index contributed by atoms with van der Waals surface area (Å²) in [5.41, 5.74) is 0.998. The molecule has 8 nitrogen and oxygen atoms in total. The maximum absolute atomic E-state index is 13.0. The number of rotatable bonds is 4. The van der Waals surface area contributed by atoms with Gasteiger partial charge in [-0.15, -0.1) is 24.8 Å². The quantitative estimate of drug-likeness (QED) is 0.567. The number of phenols is 1. The molecule has 2 saturated carbocycles. The highest BCUT2D eigenvalue weighted by molar-refractivity contribution is 5.94. The topological polar surface area (TPSA) is 108 Å². The summed E-state index contributed by atoms with van der Waals surface area (Å²) in [5.74, 6) is 1.14. The number of nitrogens with one attached hydrogen (secondary N) is 1. The van der Waals surface area contributed by atoms with Crippen molar-refractivity contribution in [3.8, 4) is 11.5 Å². The normalized spacial score (nSPS) is 34.0. The second-order valence-electron chi connectivity index (χ2n) is 10.5. The van der Waals surface area contributed by atoms with E-state index in [1.54, 1.807) is 12.1 Å². The standard InChI is InChI=1S/C25H28N4O4.2ClH/c30-18-4-3-15-11-19-25(32)7-5-17(28-23(31)16-6-9-26-27-12-16)22-24(25,20(15)21(18)33-22)8-10-29(19)13-14-1-2-14;;/h3-4,6,9,12,14,17,19,22,30,32H,1-2,5,7-8,10-11,13H2,(H,28,31);2*1H/t17-,19-,22+,24+,25-;;/m1../s1. The number of amides is 1. The summed E-state index contributed by atoms with van der Waals surface area (Å²) in [4.78, 5) is 15.5. The molecule has 3 N–H and O–H groups in total. The molecular weight excluding hydrogens is 491 g/mol. The van der Waals surface area contributed by atoms with Crippen LogP contribution in [0.3, 0.4) is 0 Å². The Morgan fingerprint density at radius 2 is 2.00 bits per heavy atom. The predicted octanol–water partition coefficient (Wildman–Crippen LogP) is 2.39. The molecule has 35 heavy (non-hydrogen) atoms. The number of phenolic OH excluding ortho intramolecular Hbond substituents is 1. The van der Waals surface area contributed by atoms with E-state index in [4.69, 9.17) is 4.74 Å². The lowest BCUT2D eigenvalue weighted by molar-refractivity contribution is -0.191. The highest BCUT2D eigenvalue weighted by atomic mass is 35.5. The van der Waals surface area contributed by atoms with E-state index < -0.39 is 17.1 Å². The molecule has 1 aromatic heterocycles. The lowest BCUT2D eigenvalue weighted by Gasteiger charge is -2.64. The Morgan fingerprint density at radius 3 is 2.74 bits per heavy atom. The van der Waals surface area contributed by atoms with Gasteiger partial charge in [-0.1, -0.05) is 6.07 Å². The first-order valence-corrected chi connectivity index (χ1v) is 12.1. The van der Waals surface area contributed by atoms with Crippen LogP contribution < -0.4 is 10.1 Å². The minimum atomic E-state index is -0.948. The molecule has 3 fully saturated rings. The summed E-state index contributed by atoms with van der Waals surface area (Å²) >= 11 is 0. The number of aromatic nitrogens is 2. The molecule has 188 valence electrons. The minimum absolute atomic E-state index is 0. The van der Waals surface area contributed by atoms with Crippen molar-refractivity contribution in [3.63, 3.8) is 0 Å². The first-order valence-electron chi connectivity index (χ1n) is 12.1. The highest BCUT2D eigenvalue weighted by Gasteiger charge is 2.73. The van der Waals surface area contributed by atoms with Crippen molar-refractivity contribution in [2.45, 2.75) is 67.7 Å². The molecule has 3 heterocycles. The molecule has 5 aliphatic rings. The first-order chi connectivity index (χ1) is 16.0. The molecule has 1 amide bonds. The lowest BCUT2D eigenvalue weighted by Crippen LogP contribution is -2.78. The van der Waals surface area contributed by atoms with Gasteiger partial charge in [0.25, 0.3) is 5.91 Å². The largest absolute Gasteiger partial charge is 0.504 e. The predicted molar refractivity (Wildman–Crippen MR) is 133 cm³/mol. The number of aromatic hydroxyl groups is 1. The molecule has 1 aromatic carbocycles. The minimum Gasteiger partial charge on any atom is -0.504 e. The summed E-state index contributed by atoms with van der Waals surface area (Å²) in [5, 5.41) is 33.9. The fourth-order valence-electron chi connectivity index (χ4n) is 7.31. The van der Waals surface area contributed by atoms with Crippen molar-refractivity contribution in [2.24, 2.45) is 5.92 Å². The van der Waals surface area contributed by atoms with Crippen molar-refractivity contribution >= 4 is 30.7 Å². The van der Waals surface area contributed by atoms with Crippen LogP contribution in [-0.2, 0) is 11.8 Å². The van der Waals surface area contributed by atoms with Crippen LogP contribution in [0.2, 0.25) is 0 Å². The molecule has 1 spiro atoms. The van der Waals surface area contributed by atoms with E-state index in [9.17, 15) is 15.0 Å². The third-order valence-electron chi connectivity index (χ3n) is 8.93. The number of nitrogens with zero attached hydrogens (tertiary/aromatic N) is 3. The molecule has 0 unspecified atom stereocenters. The SMILES string of the molecule is Cl.Cl.O=C(N[C@@H]1CC[C@@]2(O)[C@H]3Cc4ccc(O)c5c4[C@@]2(CCN3CC2CC2)[C@H]1O5)c1ccnnc1. The van der Waals surface area contributed by atoms with Crippen molar-refractivity contribution in [1.82, 2.24) is 20.4 Å². The number of benzene rings is 1. The van der Waals surface area contributed by atoms with Gasteiger partial charge in [-0.3, -0.25) is 9.69 Å². The third-order valence-corrected chi connectivity index (χ3v) is 8.93. The van der Waals surface area contributed by atoms with Crippen LogP contribution in [0.15, 0.2) is 30.6 Å². The Labute approximate surface area is 216 Å². The van der Waals surface area contributed by atoms with E-state index >= 15 is 0 Å². The number of hydrogen-bond donors (Lipinski definition) is 3. The third kappa shape index (κ3) is 3.30. The van der Waals surface area contributed by atoms with Crippen LogP contribution in [0.25, 0.3) is 0 Å². The lowest BCUT2D eigenvalue weighted by atomic mass is 9.48. The Kier molecular flexibility index (Phi) is 5.95. The molecule has 2 aromatic rings. The molecule has 0 radical (unpaired) electrons. The number of halogens is 2. The van der Waals surface area contributed by atoms with Gasteiger partial charge in [-0.25, -0.2) is 0 Å². The van der Waals surface area contributed by atoms with Gasteiger partial charge in [0.15, 0.2) is 11.5 Å². The number of carbonyl (C=O) groups is 1. The van der Waals surface area contributed by atoms with Crippen molar-refractivity contribution in [1.29, 1.82) is 0 Å². The van der Waals surface area contributed by atoms with Crippen LogP contribution in [0.4, 0.5) is 0 Å². The fourth-order valence-corrected chi connectivity index (χ4v) is 7.31. The van der Waals surface area contributed by atoms with E-state index in [1.165, 1.54) is 25.2 Å². The maximum atomic E-state index is 13.0. The number of aliphatic hydroxyl groups is 1. The second kappa shape index (κ2) is 8.47. The molecule has 2 aliphatic heterocycles. The monoisotopic (exact) mass is 520 g/mol. The zero-order chi connectivity index (χ0) is 22.4. The van der Waals surface area contributed by atoms with E-state index in [1.807, 2.05) is 6.07 Å². The van der Waals surface area contributed by atoms with E-state index in [-0.39, 0.29) is 48.6 Å². The van der Waals surface area contributed by atoms with Crippen molar-refractivity contribution < 1.29 is 19.7 Å². The average Bonchev–Trinajstić information content (AvgIpc) is 3.56. The molecule has 7 rings (SSSR count). The highest BCUT2D eigenvalue weighted by Crippen LogP contribution is 2.65. The van der Waals surface area contributed by atoms with Crippen LogP contribution in [0.1, 0.15) is 53.6 Å². The van der Waals surface area contributed by atoms with Gasteiger partial charge < -0.3 is 20.3 Å². The summed E-state index contributed by atoms with van der Waals surface area (Å²) < 4.78 is 6.48. The van der Waals surface area contributed by atoms with Gasteiger partial charge in [-0.05, 0) is 68.7 Å². The van der Waals surface area contributed by atoms with Crippen LogP contribution in [-0.4, -0.2) is 68.1 Å². The van der Waals surface area contributed by atoms with E-state index in [2.05, 4.69) is 20.4 Å². The van der Waals surface area contributed by atoms with Gasteiger partial charge in [0.1, 0.15) is 6.10 Å². The Balaban J connectivity index is 0.00000127.